The van der Waals surface area contributed by atoms with Crippen LogP contribution in [0.3, 0.4) is 0 Å². The summed E-state index contributed by atoms with van der Waals surface area (Å²) in [6.07, 6.45) is 3.33. The van der Waals surface area contributed by atoms with Crippen molar-refractivity contribution < 1.29 is 0 Å². The topological polar surface area (TPSA) is 28.7 Å². The molecule has 3 rings (SSSR count). The van der Waals surface area contributed by atoms with E-state index >= 15 is 0 Å². The van der Waals surface area contributed by atoms with Crippen molar-refractivity contribution in [2.75, 3.05) is 0 Å². The lowest BCUT2D eigenvalue weighted by Crippen LogP contribution is -2.03. The number of nitrogens with one attached hydrogen (secondary N) is 1. The highest BCUT2D eigenvalue weighted by molar-refractivity contribution is 5.70. The molecule has 76 valence electrons. The fraction of sp³-hybridized carbons (Fsp3) is 0.308. The summed E-state index contributed by atoms with van der Waals surface area (Å²) in [5, 5.41) is 7.60. The van der Waals surface area contributed by atoms with Crippen LogP contribution in [-0.4, -0.2) is 10.2 Å². The second-order valence-corrected chi connectivity index (χ2v) is 4.04. The molecule has 0 radical (unpaired) electrons. The van der Waals surface area contributed by atoms with Crippen LogP contribution >= 0.6 is 0 Å². The van der Waals surface area contributed by atoms with E-state index in [1.54, 1.807) is 0 Å². The van der Waals surface area contributed by atoms with Crippen molar-refractivity contribution in [2.24, 2.45) is 0 Å². The van der Waals surface area contributed by atoms with Gasteiger partial charge in [0.05, 0.1) is 5.69 Å². The van der Waals surface area contributed by atoms with E-state index in [1.807, 2.05) is 0 Å². The Bertz CT molecular complexity index is 497. The Kier molecular flexibility index (Phi) is 1.88. The lowest BCUT2D eigenvalue weighted by atomic mass is 9.89. The lowest BCUT2D eigenvalue weighted by molar-refractivity contribution is 0.909. The maximum atomic E-state index is 4.44. The molecule has 2 nitrogen and oxygen atoms in total. The maximum Gasteiger partial charge on any atom is 0.0958 e. The summed E-state index contributed by atoms with van der Waals surface area (Å²) in [7, 11) is 0. The van der Waals surface area contributed by atoms with Gasteiger partial charge in [0.15, 0.2) is 0 Å². The van der Waals surface area contributed by atoms with Crippen molar-refractivity contribution in [3.63, 3.8) is 0 Å². The van der Waals surface area contributed by atoms with Gasteiger partial charge in [0.25, 0.3) is 0 Å². The number of aromatic amines is 1. The van der Waals surface area contributed by atoms with Crippen LogP contribution in [0.2, 0.25) is 0 Å². The van der Waals surface area contributed by atoms with Gasteiger partial charge in [-0.1, -0.05) is 31.2 Å². The molecule has 1 heterocycles. The fourth-order valence-electron chi connectivity index (χ4n) is 2.41. The van der Waals surface area contributed by atoms with Crippen molar-refractivity contribution in [3.8, 4) is 11.3 Å². The summed E-state index contributed by atoms with van der Waals surface area (Å²) in [5.41, 5.74) is 6.65. The van der Waals surface area contributed by atoms with E-state index in [0.29, 0.717) is 0 Å². The number of hydrogen-bond donors (Lipinski definition) is 1. The number of rotatable bonds is 1. The van der Waals surface area contributed by atoms with Gasteiger partial charge in [-0.05, 0) is 24.8 Å². The molecule has 0 amide bonds. The summed E-state index contributed by atoms with van der Waals surface area (Å²) >= 11 is 0. The van der Waals surface area contributed by atoms with Gasteiger partial charge < -0.3 is 0 Å². The summed E-state index contributed by atoms with van der Waals surface area (Å²) in [5.74, 6) is 0. The normalized spacial score (nSPS) is 13.4. The molecule has 0 spiro atoms. The predicted molar refractivity (Wildman–Crippen MR) is 60.8 cm³/mol. The Balaban J connectivity index is 2.22. The zero-order valence-corrected chi connectivity index (χ0v) is 8.88. The molecule has 0 unspecified atom stereocenters. The maximum absolute atomic E-state index is 4.44. The van der Waals surface area contributed by atoms with Crippen LogP contribution in [0.5, 0.6) is 0 Å². The van der Waals surface area contributed by atoms with Gasteiger partial charge in [-0.3, -0.25) is 5.10 Å². The minimum absolute atomic E-state index is 1.05. The molecule has 1 N–H and O–H groups in total. The van der Waals surface area contributed by atoms with E-state index < -0.39 is 0 Å². The smallest absolute Gasteiger partial charge is 0.0958 e. The Morgan fingerprint density at radius 1 is 1.27 bits per heavy atom. The Morgan fingerprint density at radius 3 is 3.00 bits per heavy atom. The number of hydrogen-bond acceptors (Lipinski definition) is 1. The standard InChI is InChI=1S/C13H14N2/c1-2-12-11-8-7-9-5-3-4-6-10(9)13(11)15-14-12/h3-6H,2,7-8H2,1H3,(H,14,15). The van der Waals surface area contributed by atoms with Crippen molar-refractivity contribution in [1.29, 1.82) is 0 Å². The number of nitrogens with zero attached hydrogens (tertiary/aromatic N) is 1. The molecule has 0 aliphatic heterocycles. The minimum atomic E-state index is 1.05. The third kappa shape index (κ3) is 1.21. The van der Waals surface area contributed by atoms with E-state index in [1.165, 1.54) is 28.1 Å². The monoisotopic (exact) mass is 198 g/mol. The van der Waals surface area contributed by atoms with Crippen molar-refractivity contribution in [1.82, 2.24) is 10.2 Å². The molecule has 0 saturated carbocycles. The SMILES string of the molecule is CCc1[nH]nc2c1CCc1ccccc1-2. The zero-order valence-electron chi connectivity index (χ0n) is 8.88. The Labute approximate surface area is 89.3 Å². The van der Waals surface area contributed by atoms with Gasteiger partial charge in [0, 0.05) is 16.8 Å². The highest BCUT2D eigenvalue weighted by Gasteiger charge is 2.20. The summed E-state index contributed by atoms with van der Waals surface area (Å²) in [4.78, 5) is 0. The van der Waals surface area contributed by atoms with E-state index in [4.69, 9.17) is 0 Å². The predicted octanol–water partition coefficient (Wildman–Crippen LogP) is 2.74. The van der Waals surface area contributed by atoms with E-state index in [2.05, 4.69) is 41.4 Å². The number of aryl methyl sites for hydroxylation is 2. The molecular formula is C13H14N2. The molecule has 15 heavy (non-hydrogen) atoms. The van der Waals surface area contributed by atoms with Crippen molar-refractivity contribution in [2.45, 2.75) is 26.2 Å². The van der Waals surface area contributed by atoms with Crippen LogP contribution in [0.1, 0.15) is 23.7 Å². The first kappa shape index (κ1) is 8.72. The quantitative estimate of drug-likeness (QED) is 0.750. The van der Waals surface area contributed by atoms with Crippen LogP contribution in [-0.2, 0) is 19.3 Å². The minimum Gasteiger partial charge on any atom is -0.282 e. The van der Waals surface area contributed by atoms with Crippen LogP contribution in [0.25, 0.3) is 11.3 Å². The van der Waals surface area contributed by atoms with Gasteiger partial charge in [0.1, 0.15) is 0 Å². The number of H-pyrrole nitrogens is 1. The highest BCUT2D eigenvalue weighted by atomic mass is 15.1. The average Bonchev–Trinajstić information content (AvgIpc) is 2.72. The molecular weight excluding hydrogens is 184 g/mol. The second kappa shape index (κ2) is 3.23. The van der Waals surface area contributed by atoms with Crippen LogP contribution in [0, 0.1) is 0 Å². The van der Waals surface area contributed by atoms with Gasteiger partial charge >= 0.3 is 0 Å². The first-order chi connectivity index (χ1) is 7.40. The molecule has 2 heteroatoms. The van der Waals surface area contributed by atoms with Crippen molar-refractivity contribution >= 4 is 0 Å². The van der Waals surface area contributed by atoms with E-state index in [-0.39, 0.29) is 0 Å². The van der Waals surface area contributed by atoms with E-state index in [0.717, 1.165) is 19.3 Å². The van der Waals surface area contributed by atoms with Gasteiger partial charge in [-0.15, -0.1) is 0 Å². The Morgan fingerprint density at radius 2 is 2.13 bits per heavy atom. The third-order valence-corrected chi connectivity index (χ3v) is 3.22. The third-order valence-electron chi connectivity index (χ3n) is 3.22. The van der Waals surface area contributed by atoms with Crippen LogP contribution < -0.4 is 0 Å². The molecule has 1 aromatic carbocycles. The summed E-state index contributed by atoms with van der Waals surface area (Å²) < 4.78 is 0. The molecule has 1 aliphatic rings. The molecule has 1 aliphatic carbocycles. The zero-order chi connectivity index (χ0) is 10.3. The summed E-state index contributed by atoms with van der Waals surface area (Å²) in [6, 6.07) is 8.58. The first-order valence-corrected chi connectivity index (χ1v) is 5.54. The first-order valence-electron chi connectivity index (χ1n) is 5.54. The number of aromatic nitrogens is 2. The van der Waals surface area contributed by atoms with Gasteiger partial charge in [-0.25, -0.2) is 0 Å². The highest BCUT2D eigenvalue weighted by Crippen LogP contribution is 2.33. The molecule has 2 aromatic rings. The number of fused-ring (bicyclic) bond motifs is 3. The molecule has 0 saturated heterocycles. The van der Waals surface area contributed by atoms with Crippen LogP contribution in [0.4, 0.5) is 0 Å². The molecule has 0 fully saturated rings. The summed E-state index contributed by atoms with van der Waals surface area (Å²) in [6.45, 7) is 2.17. The fourth-order valence-corrected chi connectivity index (χ4v) is 2.41. The number of benzene rings is 1. The van der Waals surface area contributed by atoms with E-state index in [9.17, 15) is 0 Å². The van der Waals surface area contributed by atoms with Gasteiger partial charge in [0.2, 0.25) is 0 Å². The van der Waals surface area contributed by atoms with Crippen molar-refractivity contribution in [3.05, 3.63) is 41.1 Å². The lowest BCUT2D eigenvalue weighted by Gasteiger charge is -2.15. The molecule has 0 bridgehead atoms. The van der Waals surface area contributed by atoms with Gasteiger partial charge in [-0.2, -0.15) is 5.10 Å². The largest absolute Gasteiger partial charge is 0.282 e. The molecule has 1 aromatic heterocycles. The Hall–Kier alpha value is -1.57. The molecule has 0 atom stereocenters. The second-order valence-electron chi connectivity index (χ2n) is 4.04. The van der Waals surface area contributed by atoms with Crippen LogP contribution in [0.15, 0.2) is 24.3 Å². The average molecular weight is 198 g/mol.